The Bertz CT molecular complexity index is 1820. The number of aliphatic hydroxyl groups is 1. The van der Waals surface area contributed by atoms with Gasteiger partial charge in [-0.15, -0.1) is 0 Å². The van der Waals surface area contributed by atoms with Crippen molar-refractivity contribution in [3.63, 3.8) is 0 Å². The van der Waals surface area contributed by atoms with E-state index in [9.17, 15) is 5.11 Å². The van der Waals surface area contributed by atoms with Crippen molar-refractivity contribution in [2.45, 2.75) is 127 Å². The summed E-state index contributed by atoms with van der Waals surface area (Å²) >= 11 is 0. The molecule has 0 aromatic heterocycles. The van der Waals surface area contributed by atoms with Crippen molar-refractivity contribution >= 4 is 0 Å². The summed E-state index contributed by atoms with van der Waals surface area (Å²) in [5.41, 5.74) is 0.0278. The molecule has 0 saturated carbocycles. The molecule has 8 unspecified atom stereocenters. The zero-order valence-electron chi connectivity index (χ0n) is 16.2. The van der Waals surface area contributed by atoms with Crippen LogP contribution in [-0.4, -0.2) is 10.7 Å². The van der Waals surface area contributed by atoms with Crippen LogP contribution in [0.2, 0.25) is 95.3 Å². The molecule has 8 atom stereocenters. The number of fused-ring (bicyclic) bond motifs is 20. The fourth-order valence-electron chi connectivity index (χ4n) is 35.8. The van der Waals surface area contributed by atoms with Crippen molar-refractivity contribution in [3.8, 4) is 0 Å². The zero-order valence-corrected chi connectivity index (χ0v) is 18.4. The molecule has 0 bridgehead atoms. The van der Waals surface area contributed by atoms with E-state index in [1.165, 1.54) is 106 Å². The van der Waals surface area contributed by atoms with Crippen molar-refractivity contribution in [2.75, 3.05) is 0 Å². The van der Waals surface area contributed by atoms with E-state index in [1.54, 1.807) is 0 Å². The molecule has 20 heterocycles. The van der Waals surface area contributed by atoms with E-state index >= 15 is 0 Å². The van der Waals surface area contributed by atoms with Gasteiger partial charge >= 0.3 is 145 Å². The molecule has 2 spiro atoms. The predicted octanol–water partition coefficient (Wildman–Crippen LogP) is 7.43. The monoisotopic (exact) mass is 456 g/mol. The van der Waals surface area contributed by atoms with Crippen molar-refractivity contribution in [1.29, 1.82) is 0 Å². The van der Waals surface area contributed by atoms with Crippen LogP contribution >= 0.6 is 0 Å². The van der Waals surface area contributed by atoms with Gasteiger partial charge in [0, 0.05) is 0 Å². The van der Waals surface area contributed by atoms with E-state index in [2.05, 4.69) is 6.92 Å². The third-order valence-corrected chi connectivity index (χ3v) is 117. The summed E-state index contributed by atoms with van der Waals surface area (Å²) in [7, 11) is 0. The molecule has 20 saturated heterocycles. The summed E-state index contributed by atoms with van der Waals surface area (Å²) in [4.78, 5) is 25.3. The summed E-state index contributed by atoms with van der Waals surface area (Å²) in [6.07, 6.45) is 4.14. The fourth-order valence-corrected chi connectivity index (χ4v) is 187. The third-order valence-electron chi connectivity index (χ3n) is 31.5. The Hall–Kier alpha value is 0.999. The van der Waals surface area contributed by atoms with Crippen LogP contribution in [0, 0.1) is 0 Å². The SMILES string of the molecule is CCCCC(O)([C]12[CH]3[CH]4[CH]5[CH]1[Fe]45321678[CH]2[CH]1[CH]6[CH]7[CH]28)[C]12[CH]3[CH]4[CH]5[CH]1[Fe]45321678[CH]2[CH]1[CH]6[CH]7[CH]28. The molecule has 20 aliphatic rings. The van der Waals surface area contributed by atoms with E-state index < -0.39 is 13.0 Å². The van der Waals surface area contributed by atoms with Gasteiger partial charge in [0.1, 0.15) is 0 Å². The van der Waals surface area contributed by atoms with Crippen LogP contribution < -0.4 is 0 Å². The predicted molar refractivity (Wildman–Crippen MR) is 97.4 cm³/mol. The maximum absolute atomic E-state index is 13.8. The van der Waals surface area contributed by atoms with E-state index in [0.29, 0.717) is 0 Å². The van der Waals surface area contributed by atoms with Crippen molar-refractivity contribution in [1.82, 2.24) is 0 Å². The van der Waals surface area contributed by atoms with Crippen LogP contribution in [-0.2, 0) is 13.0 Å². The van der Waals surface area contributed by atoms with Gasteiger partial charge in [-0.3, -0.25) is 0 Å². The molecule has 0 aliphatic carbocycles. The molecule has 1 nitrogen and oxygen atoms in total. The van der Waals surface area contributed by atoms with Gasteiger partial charge in [0.2, 0.25) is 0 Å². The van der Waals surface area contributed by atoms with Crippen molar-refractivity contribution in [3.05, 3.63) is 0 Å². The third kappa shape index (κ3) is 0.0901. The molecule has 20 fully saturated rings. The number of hydrogen-bond donors (Lipinski definition) is 1. The molecule has 20 rings (SSSR count). The van der Waals surface area contributed by atoms with Gasteiger partial charge in [-0.2, -0.15) is 0 Å². The summed E-state index contributed by atoms with van der Waals surface area (Å²) in [5, 5.41) is 13.8. The molecule has 0 aromatic carbocycles. The van der Waals surface area contributed by atoms with Gasteiger partial charge in [0.15, 0.2) is 0 Å². The standard InChI is InChI=1S/C15H18O.2C5H5.2Fe/c1-2-3-12-15(16,13-8-4-5-9-13)14-10-6-7-11-14;2*1-2-4-5-3-1;;/h4-11,16H,2-3,12H2,1H3;2*1-5H;;. The average Bonchev–Trinajstić information content (AvgIpc) is 3.60. The first-order chi connectivity index (χ1) is 13.2. The van der Waals surface area contributed by atoms with Gasteiger partial charge in [-0.05, 0) is 0 Å². The van der Waals surface area contributed by atoms with E-state index in [-0.39, 0.29) is 5.60 Å². The van der Waals surface area contributed by atoms with Crippen LogP contribution in [0.1, 0.15) is 26.2 Å². The summed E-state index contributed by atoms with van der Waals surface area (Å²) in [6.45, 7) is -4.07. The van der Waals surface area contributed by atoms with Gasteiger partial charge in [-0.1, -0.05) is 0 Å². The van der Waals surface area contributed by atoms with Gasteiger partial charge in [0.25, 0.3) is 0 Å². The van der Waals surface area contributed by atoms with Crippen LogP contribution in [0.25, 0.3) is 0 Å². The summed E-state index contributed by atoms with van der Waals surface area (Å²) in [6, 6.07) is 0. The molecule has 150 valence electrons. The minimum absolute atomic E-state index is 0.0278. The Balaban J connectivity index is 1.12. The molecule has 0 aromatic rings. The average molecular weight is 456 g/mol. The Labute approximate surface area is 144 Å². The normalized spacial score (nSPS) is 145. The molecule has 3 heteroatoms. The quantitative estimate of drug-likeness (QED) is 0.427. The zero-order chi connectivity index (χ0) is 16.6. The maximum atomic E-state index is 13.8. The van der Waals surface area contributed by atoms with Crippen LogP contribution in [0.5, 0.6) is 0 Å². The Morgan fingerprint density at radius 3 is 1.11 bits per heavy atom. The molecular weight excluding hydrogens is 428 g/mol. The molecule has 20 aliphatic heterocycles. The summed E-state index contributed by atoms with van der Waals surface area (Å²) < 4.78 is 1.61. The Morgan fingerprint density at radius 1 is 0.607 bits per heavy atom. The van der Waals surface area contributed by atoms with E-state index in [1.807, 2.05) is 0 Å². The van der Waals surface area contributed by atoms with E-state index in [0.717, 1.165) is 8.63 Å². The van der Waals surface area contributed by atoms with Crippen LogP contribution in [0.3, 0.4) is 0 Å². The number of hydrogen-bond acceptors (Lipinski definition) is 1. The molecular formula is C25H28Fe2O. The van der Waals surface area contributed by atoms with Crippen molar-refractivity contribution < 1.29 is 18.1 Å². The first kappa shape index (κ1) is 9.87. The van der Waals surface area contributed by atoms with Gasteiger partial charge < -0.3 is 0 Å². The molecule has 0 radical (unpaired) electrons. The second kappa shape index (κ2) is 0.741. The molecule has 0 amide bonds. The van der Waals surface area contributed by atoms with Crippen molar-refractivity contribution in [2.24, 2.45) is 0 Å². The van der Waals surface area contributed by atoms with Gasteiger partial charge in [-0.25, -0.2) is 0 Å². The molecule has 28 heavy (non-hydrogen) atoms. The Morgan fingerprint density at radius 2 is 0.929 bits per heavy atom. The number of unbranched alkanes of at least 4 members (excludes halogenated alkanes) is 1. The topological polar surface area (TPSA) is 20.2 Å². The first-order valence-electron chi connectivity index (χ1n) is 13.3. The fraction of sp³-hybridized carbons (Fsp3) is 1.00. The second-order valence-electron chi connectivity index (χ2n) is 21.3. The first-order valence-corrected chi connectivity index (χ1v) is 25.9. The molecule has 1 N–H and O–H groups in total. The summed E-state index contributed by atoms with van der Waals surface area (Å²) in [5.74, 6) is 0. The van der Waals surface area contributed by atoms with E-state index in [4.69, 9.17) is 0 Å². The van der Waals surface area contributed by atoms with Crippen LogP contribution in [0.4, 0.5) is 0 Å². The second-order valence-corrected chi connectivity index (χ2v) is 68.4. The Kier molecular flexibility index (Phi) is 0.261. The van der Waals surface area contributed by atoms with Gasteiger partial charge in [0.05, 0.1) is 0 Å². The number of rotatable bonds is 5. The minimum atomic E-state index is -3.26. The van der Waals surface area contributed by atoms with Crippen LogP contribution in [0.15, 0.2) is 0 Å².